The monoisotopic (exact) mass is 351 g/mol. The van der Waals surface area contributed by atoms with Gasteiger partial charge in [-0.1, -0.05) is 54.7 Å². The average molecular weight is 352 g/mol. The lowest BCUT2D eigenvalue weighted by Gasteiger charge is -2.15. The van der Waals surface area contributed by atoms with E-state index in [1.807, 2.05) is 19.1 Å². The Bertz CT molecular complexity index is 714. The fraction of sp³-hybridized carbons (Fsp3) is 0.278. The molecule has 0 saturated carbocycles. The van der Waals surface area contributed by atoms with Crippen LogP contribution in [0.2, 0.25) is 10.0 Å². The maximum atomic E-state index is 12.0. The van der Waals surface area contributed by atoms with Crippen LogP contribution >= 0.6 is 23.2 Å². The molecule has 0 heterocycles. The highest BCUT2D eigenvalue weighted by Gasteiger charge is 2.11. The molecule has 0 aromatic heterocycles. The summed E-state index contributed by atoms with van der Waals surface area (Å²) in [7, 11) is 0. The summed E-state index contributed by atoms with van der Waals surface area (Å²) in [6.07, 6.45) is 0. The lowest BCUT2D eigenvalue weighted by Crippen LogP contribution is -2.20. The third-order valence-electron chi connectivity index (χ3n) is 3.35. The smallest absolute Gasteiger partial charge is 0.262 e. The maximum Gasteiger partial charge on any atom is 0.262 e. The van der Waals surface area contributed by atoms with Crippen LogP contribution < -0.4 is 10.1 Å². The van der Waals surface area contributed by atoms with Gasteiger partial charge in [-0.2, -0.15) is 0 Å². The first-order valence-electron chi connectivity index (χ1n) is 7.35. The number of nitrogens with one attached hydrogen (secondary N) is 1. The topological polar surface area (TPSA) is 38.3 Å². The number of ether oxygens (including phenoxy) is 1. The van der Waals surface area contributed by atoms with Crippen molar-refractivity contribution in [1.82, 2.24) is 0 Å². The van der Waals surface area contributed by atoms with Gasteiger partial charge in [0.15, 0.2) is 6.61 Å². The summed E-state index contributed by atoms with van der Waals surface area (Å²) < 4.78 is 5.67. The van der Waals surface area contributed by atoms with Crippen LogP contribution in [0.5, 0.6) is 5.75 Å². The Morgan fingerprint density at radius 1 is 1.17 bits per heavy atom. The van der Waals surface area contributed by atoms with Crippen molar-refractivity contribution in [3.8, 4) is 5.75 Å². The normalized spacial score (nSPS) is 10.7. The maximum absolute atomic E-state index is 12.0. The number of amides is 1. The standard InChI is InChI=1S/C18H19Cl2NO2/c1-11(2)14-8-12(3)4-7-17(14)23-10-18(22)21-16-6-5-13(19)9-15(16)20/h4-9,11H,10H2,1-3H3,(H,21,22). The van der Waals surface area contributed by atoms with Crippen LogP contribution in [0, 0.1) is 6.92 Å². The molecule has 1 amide bonds. The number of carbonyl (C=O) groups excluding carboxylic acids is 1. The molecule has 3 nitrogen and oxygen atoms in total. The van der Waals surface area contributed by atoms with Gasteiger partial charge in [0, 0.05) is 5.02 Å². The highest BCUT2D eigenvalue weighted by molar-refractivity contribution is 6.36. The third-order valence-corrected chi connectivity index (χ3v) is 3.90. The Morgan fingerprint density at radius 2 is 1.91 bits per heavy atom. The first-order chi connectivity index (χ1) is 10.9. The minimum Gasteiger partial charge on any atom is -0.483 e. The number of aryl methyl sites for hydroxylation is 1. The van der Waals surface area contributed by atoms with Crippen LogP contribution in [0.25, 0.3) is 0 Å². The van der Waals surface area contributed by atoms with Crippen LogP contribution in [0.15, 0.2) is 36.4 Å². The van der Waals surface area contributed by atoms with Crippen molar-refractivity contribution in [2.45, 2.75) is 26.7 Å². The number of benzene rings is 2. The number of hydrogen-bond donors (Lipinski definition) is 1. The molecule has 0 fully saturated rings. The lowest BCUT2D eigenvalue weighted by atomic mass is 10.00. The van der Waals surface area contributed by atoms with Gasteiger partial charge in [0.1, 0.15) is 5.75 Å². The highest BCUT2D eigenvalue weighted by atomic mass is 35.5. The van der Waals surface area contributed by atoms with Crippen molar-refractivity contribution in [1.29, 1.82) is 0 Å². The number of halogens is 2. The molecule has 5 heteroatoms. The molecule has 0 unspecified atom stereocenters. The van der Waals surface area contributed by atoms with Crippen molar-refractivity contribution in [2.75, 3.05) is 11.9 Å². The van der Waals surface area contributed by atoms with E-state index in [-0.39, 0.29) is 12.5 Å². The van der Waals surface area contributed by atoms with Gasteiger partial charge in [-0.3, -0.25) is 4.79 Å². The largest absolute Gasteiger partial charge is 0.483 e. The molecule has 0 spiro atoms. The fourth-order valence-electron chi connectivity index (χ4n) is 2.17. The van der Waals surface area contributed by atoms with E-state index < -0.39 is 0 Å². The summed E-state index contributed by atoms with van der Waals surface area (Å²) in [5.74, 6) is 0.770. The van der Waals surface area contributed by atoms with Crippen LogP contribution in [0.3, 0.4) is 0 Å². The van der Waals surface area contributed by atoms with Crippen LogP contribution in [0.4, 0.5) is 5.69 Å². The van der Waals surface area contributed by atoms with E-state index >= 15 is 0 Å². The zero-order chi connectivity index (χ0) is 17.0. The first-order valence-corrected chi connectivity index (χ1v) is 8.10. The van der Waals surface area contributed by atoms with E-state index in [9.17, 15) is 4.79 Å². The van der Waals surface area contributed by atoms with Crippen molar-refractivity contribution in [3.05, 3.63) is 57.6 Å². The molecule has 0 bridgehead atoms. The molecule has 122 valence electrons. The minimum atomic E-state index is -0.274. The molecule has 0 radical (unpaired) electrons. The van der Waals surface area contributed by atoms with Crippen molar-refractivity contribution in [2.24, 2.45) is 0 Å². The Kier molecular flexibility index (Phi) is 5.91. The summed E-state index contributed by atoms with van der Waals surface area (Å²) in [6, 6.07) is 10.8. The van der Waals surface area contributed by atoms with Crippen molar-refractivity contribution >= 4 is 34.8 Å². The van der Waals surface area contributed by atoms with Crippen LogP contribution in [-0.4, -0.2) is 12.5 Å². The summed E-state index contributed by atoms with van der Waals surface area (Å²) >= 11 is 11.9. The summed E-state index contributed by atoms with van der Waals surface area (Å²) in [5.41, 5.74) is 2.76. The van der Waals surface area contributed by atoms with Gasteiger partial charge < -0.3 is 10.1 Å². The Balaban J connectivity index is 2.02. The Labute approximate surface area is 146 Å². The van der Waals surface area contributed by atoms with E-state index in [0.717, 1.165) is 11.3 Å². The highest BCUT2D eigenvalue weighted by Crippen LogP contribution is 2.28. The number of hydrogen-bond acceptors (Lipinski definition) is 2. The molecule has 2 rings (SSSR count). The Hall–Kier alpha value is -1.71. The SMILES string of the molecule is Cc1ccc(OCC(=O)Nc2ccc(Cl)cc2Cl)c(C(C)C)c1. The predicted octanol–water partition coefficient (Wildman–Crippen LogP) is 5.44. The molecule has 0 aliphatic carbocycles. The zero-order valence-corrected chi connectivity index (χ0v) is 14.8. The second-order valence-corrected chi connectivity index (χ2v) is 6.50. The second-order valence-electron chi connectivity index (χ2n) is 5.66. The number of rotatable bonds is 5. The molecule has 0 saturated heterocycles. The summed E-state index contributed by atoms with van der Waals surface area (Å²) in [5, 5.41) is 3.62. The molecule has 2 aromatic carbocycles. The third kappa shape index (κ3) is 4.88. The molecule has 1 N–H and O–H groups in total. The average Bonchev–Trinajstić information content (AvgIpc) is 2.48. The molecule has 0 aliphatic rings. The van der Waals surface area contributed by atoms with Gasteiger partial charge >= 0.3 is 0 Å². The quantitative estimate of drug-likeness (QED) is 0.778. The predicted molar refractivity (Wildman–Crippen MR) is 95.9 cm³/mol. The Morgan fingerprint density at radius 3 is 2.57 bits per heavy atom. The number of carbonyl (C=O) groups is 1. The first kappa shape index (κ1) is 17.6. The van der Waals surface area contributed by atoms with E-state index in [0.29, 0.717) is 21.7 Å². The van der Waals surface area contributed by atoms with Gasteiger partial charge in [-0.15, -0.1) is 0 Å². The molecule has 2 aromatic rings. The van der Waals surface area contributed by atoms with Crippen LogP contribution in [0.1, 0.15) is 30.9 Å². The van der Waals surface area contributed by atoms with Gasteiger partial charge in [0.25, 0.3) is 5.91 Å². The molecule has 0 atom stereocenters. The van der Waals surface area contributed by atoms with E-state index in [1.165, 1.54) is 5.56 Å². The molecule has 0 aliphatic heterocycles. The van der Waals surface area contributed by atoms with Gasteiger partial charge in [0.05, 0.1) is 10.7 Å². The lowest BCUT2D eigenvalue weighted by molar-refractivity contribution is -0.118. The van der Waals surface area contributed by atoms with Crippen LogP contribution in [-0.2, 0) is 4.79 Å². The van der Waals surface area contributed by atoms with Gasteiger partial charge in [-0.05, 0) is 42.7 Å². The number of anilines is 1. The molecular formula is C18H19Cl2NO2. The van der Waals surface area contributed by atoms with E-state index in [1.54, 1.807) is 18.2 Å². The minimum absolute atomic E-state index is 0.0816. The van der Waals surface area contributed by atoms with Crippen molar-refractivity contribution < 1.29 is 9.53 Å². The summed E-state index contributed by atoms with van der Waals surface area (Å²) in [6.45, 7) is 6.14. The van der Waals surface area contributed by atoms with E-state index in [2.05, 4.69) is 25.2 Å². The van der Waals surface area contributed by atoms with E-state index in [4.69, 9.17) is 27.9 Å². The molecular weight excluding hydrogens is 333 g/mol. The fourth-order valence-corrected chi connectivity index (χ4v) is 2.63. The summed E-state index contributed by atoms with van der Waals surface area (Å²) in [4.78, 5) is 12.0. The molecule has 23 heavy (non-hydrogen) atoms. The second kappa shape index (κ2) is 7.71. The van der Waals surface area contributed by atoms with Gasteiger partial charge in [-0.25, -0.2) is 0 Å². The zero-order valence-electron chi connectivity index (χ0n) is 13.3. The van der Waals surface area contributed by atoms with Crippen molar-refractivity contribution in [3.63, 3.8) is 0 Å². The van der Waals surface area contributed by atoms with Gasteiger partial charge in [0.2, 0.25) is 0 Å².